The minimum atomic E-state index is -0.651. The monoisotopic (exact) mass is 527 g/mol. The van der Waals surface area contributed by atoms with Gasteiger partial charge in [0.2, 0.25) is 0 Å². The number of hydrogen-bond acceptors (Lipinski definition) is 7. The second-order valence-corrected chi connectivity index (χ2v) is 8.08. The minimum Gasteiger partial charge on any atom is -0.496 e. The van der Waals surface area contributed by atoms with Crippen molar-refractivity contribution in [2.75, 3.05) is 12.0 Å². The van der Waals surface area contributed by atoms with E-state index in [1.165, 1.54) is 36.3 Å². The largest absolute Gasteiger partial charge is 0.496 e. The van der Waals surface area contributed by atoms with Gasteiger partial charge in [-0.1, -0.05) is 22.0 Å². The van der Waals surface area contributed by atoms with Gasteiger partial charge in [0.15, 0.2) is 5.11 Å². The van der Waals surface area contributed by atoms with Crippen LogP contribution in [-0.2, 0) is 9.59 Å². The standard InChI is InChI=1S/C22H14BrN3O6S/c1-31-19-10-14(26(29)30)5-7-16(19)18-8-6-15(32-18)11-17-20(27)24-22(33)25(21(17)28)13-4-2-3-12(23)9-13/h2-11H,1H3,(H,24,27,33). The van der Waals surface area contributed by atoms with Crippen LogP contribution >= 0.6 is 28.1 Å². The summed E-state index contributed by atoms with van der Waals surface area (Å²) < 4.78 is 11.8. The predicted molar refractivity (Wildman–Crippen MR) is 128 cm³/mol. The van der Waals surface area contributed by atoms with Crippen LogP contribution in [0.1, 0.15) is 5.76 Å². The zero-order valence-electron chi connectivity index (χ0n) is 16.9. The van der Waals surface area contributed by atoms with E-state index < -0.39 is 16.7 Å². The number of furan rings is 1. The number of carbonyl (C=O) groups is 2. The summed E-state index contributed by atoms with van der Waals surface area (Å²) in [5.41, 5.74) is 0.669. The van der Waals surface area contributed by atoms with Gasteiger partial charge in [-0.3, -0.25) is 29.9 Å². The fourth-order valence-corrected chi connectivity index (χ4v) is 3.89. The Balaban J connectivity index is 1.68. The van der Waals surface area contributed by atoms with E-state index in [-0.39, 0.29) is 27.9 Å². The maximum atomic E-state index is 13.1. The third-order valence-corrected chi connectivity index (χ3v) is 5.52. The summed E-state index contributed by atoms with van der Waals surface area (Å²) in [6.07, 6.45) is 1.31. The zero-order valence-corrected chi connectivity index (χ0v) is 19.3. The molecule has 0 spiro atoms. The molecule has 11 heteroatoms. The highest BCUT2D eigenvalue weighted by Gasteiger charge is 2.34. The van der Waals surface area contributed by atoms with Crippen LogP contribution in [0.4, 0.5) is 11.4 Å². The molecule has 166 valence electrons. The molecule has 3 aromatic rings. The highest BCUT2D eigenvalue weighted by molar-refractivity contribution is 9.10. The number of nitrogens with zero attached hydrogens (tertiary/aromatic N) is 2. The molecule has 1 N–H and O–H groups in total. The van der Waals surface area contributed by atoms with E-state index >= 15 is 0 Å². The van der Waals surface area contributed by atoms with Crippen LogP contribution in [0.3, 0.4) is 0 Å². The van der Waals surface area contributed by atoms with E-state index in [0.29, 0.717) is 17.0 Å². The van der Waals surface area contributed by atoms with Crippen molar-refractivity contribution in [2.45, 2.75) is 0 Å². The Kier molecular flexibility index (Phi) is 6.07. The summed E-state index contributed by atoms with van der Waals surface area (Å²) in [6, 6.07) is 14.2. The van der Waals surface area contributed by atoms with Crippen LogP contribution in [0, 0.1) is 10.1 Å². The van der Waals surface area contributed by atoms with Crippen molar-refractivity contribution in [3.63, 3.8) is 0 Å². The van der Waals surface area contributed by atoms with E-state index in [9.17, 15) is 19.7 Å². The van der Waals surface area contributed by atoms with Crippen LogP contribution in [0.25, 0.3) is 17.4 Å². The van der Waals surface area contributed by atoms with Gasteiger partial charge in [0.1, 0.15) is 22.8 Å². The number of methoxy groups -OCH3 is 1. The molecule has 1 aliphatic heterocycles. The molecule has 33 heavy (non-hydrogen) atoms. The van der Waals surface area contributed by atoms with Crippen molar-refractivity contribution in [1.82, 2.24) is 5.32 Å². The average Bonchev–Trinajstić information content (AvgIpc) is 3.24. The van der Waals surface area contributed by atoms with Crippen molar-refractivity contribution in [1.29, 1.82) is 0 Å². The molecule has 0 unspecified atom stereocenters. The van der Waals surface area contributed by atoms with Gasteiger partial charge in [0.25, 0.3) is 17.5 Å². The van der Waals surface area contributed by atoms with Crippen molar-refractivity contribution >= 4 is 62.5 Å². The molecule has 1 fully saturated rings. The molecule has 0 radical (unpaired) electrons. The number of thiocarbonyl (C=S) groups is 1. The van der Waals surface area contributed by atoms with Crippen LogP contribution < -0.4 is 15.0 Å². The molecule has 0 aliphatic carbocycles. The summed E-state index contributed by atoms with van der Waals surface area (Å²) in [5, 5.41) is 13.5. The first kappa shape index (κ1) is 22.4. The van der Waals surface area contributed by atoms with Crippen LogP contribution in [0.2, 0.25) is 0 Å². The molecule has 0 bridgehead atoms. The van der Waals surface area contributed by atoms with Gasteiger partial charge in [0, 0.05) is 10.5 Å². The lowest BCUT2D eigenvalue weighted by Gasteiger charge is -2.28. The number of non-ortho nitro benzene ring substituents is 1. The van der Waals surface area contributed by atoms with E-state index in [2.05, 4.69) is 21.2 Å². The minimum absolute atomic E-state index is 0.0315. The Morgan fingerprint density at radius 2 is 1.97 bits per heavy atom. The number of anilines is 1. The lowest BCUT2D eigenvalue weighted by atomic mass is 10.1. The lowest BCUT2D eigenvalue weighted by Crippen LogP contribution is -2.54. The van der Waals surface area contributed by atoms with Crippen LogP contribution in [0.5, 0.6) is 5.75 Å². The van der Waals surface area contributed by atoms with E-state index in [1.807, 2.05) is 0 Å². The number of nitro benzene ring substituents is 1. The first-order valence-corrected chi connectivity index (χ1v) is 10.6. The fraction of sp³-hybridized carbons (Fsp3) is 0.0455. The number of nitro groups is 1. The zero-order chi connectivity index (χ0) is 23.7. The van der Waals surface area contributed by atoms with E-state index in [0.717, 1.165) is 4.47 Å². The quantitative estimate of drug-likeness (QED) is 0.171. The summed E-state index contributed by atoms with van der Waals surface area (Å²) in [6.45, 7) is 0. The highest BCUT2D eigenvalue weighted by atomic mass is 79.9. The molecule has 0 saturated carbocycles. The number of carbonyl (C=O) groups excluding carboxylic acids is 2. The molecular formula is C22H14BrN3O6S. The van der Waals surface area contributed by atoms with Gasteiger partial charge in [-0.25, -0.2) is 0 Å². The van der Waals surface area contributed by atoms with E-state index in [1.54, 1.807) is 36.4 Å². The molecular weight excluding hydrogens is 514 g/mol. The molecule has 0 atom stereocenters. The predicted octanol–water partition coefficient (Wildman–Crippen LogP) is 4.46. The Morgan fingerprint density at radius 1 is 1.18 bits per heavy atom. The second-order valence-electron chi connectivity index (χ2n) is 6.78. The smallest absolute Gasteiger partial charge is 0.273 e. The Hall–Kier alpha value is -3.83. The van der Waals surface area contributed by atoms with Gasteiger partial charge >= 0.3 is 0 Å². The number of rotatable bonds is 5. The maximum absolute atomic E-state index is 13.1. The molecule has 4 rings (SSSR count). The summed E-state index contributed by atoms with van der Waals surface area (Å²) in [5.74, 6) is -0.437. The normalized spacial score (nSPS) is 15.0. The number of hydrogen-bond donors (Lipinski definition) is 1. The maximum Gasteiger partial charge on any atom is 0.273 e. The summed E-state index contributed by atoms with van der Waals surface area (Å²) in [4.78, 5) is 37.3. The Bertz CT molecular complexity index is 1350. The fourth-order valence-electron chi connectivity index (χ4n) is 3.22. The average molecular weight is 528 g/mol. The van der Waals surface area contributed by atoms with Gasteiger partial charge in [-0.05, 0) is 54.7 Å². The molecule has 2 heterocycles. The third-order valence-electron chi connectivity index (χ3n) is 4.74. The van der Waals surface area contributed by atoms with Crippen LogP contribution in [0.15, 0.2) is 69.1 Å². The topological polar surface area (TPSA) is 115 Å². The molecule has 1 aliphatic rings. The van der Waals surface area contributed by atoms with Gasteiger partial charge in [-0.15, -0.1) is 0 Å². The molecule has 9 nitrogen and oxygen atoms in total. The SMILES string of the molecule is COc1cc([N+](=O)[O-])ccc1-c1ccc(C=C2C(=O)NC(=S)N(c3cccc(Br)c3)C2=O)o1. The Labute approximate surface area is 200 Å². The first-order valence-electron chi connectivity index (χ1n) is 9.38. The summed E-state index contributed by atoms with van der Waals surface area (Å²) in [7, 11) is 1.39. The molecule has 2 aromatic carbocycles. The van der Waals surface area contributed by atoms with Crippen molar-refractivity contribution in [2.24, 2.45) is 0 Å². The second kappa shape index (κ2) is 8.96. The van der Waals surface area contributed by atoms with Gasteiger partial charge in [-0.2, -0.15) is 0 Å². The van der Waals surface area contributed by atoms with Crippen molar-refractivity contribution in [3.8, 4) is 17.1 Å². The third kappa shape index (κ3) is 4.41. The lowest BCUT2D eigenvalue weighted by molar-refractivity contribution is -0.384. The van der Waals surface area contributed by atoms with Gasteiger partial charge < -0.3 is 9.15 Å². The van der Waals surface area contributed by atoms with Gasteiger partial charge in [0.05, 0.1) is 29.4 Å². The molecule has 2 amide bonds. The summed E-state index contributed by atoms with van der Waals surface area (Å²) >= 11 is 8.55. The number of nitrogens with one attached hydrogen (secondary N) is 1. The number of benzene rings is 2. The van der Waals surface area contributed by atoms with E-state index in [4.69, 9.17) is 21.4 Å². The number of amides is 2. The number of halogens is 1. The first-order chi connectivity index (χ1) is 15.8. The molecule has 1 saturated heterocycles. The van der Waals surface area contributed by atoms with Crippen LogP contribution in [-0.4, -0.2) is 29.0 Å². The number of ether oxygens (including phenoxy) is 1. The van der Waals surface area contributed by atoms with Crippen molar-refractivity contribution < 1.29 is 23.7 Å². The Morgan fingerprint density at radius 3 is 2.67 bits per heavy atom. The highest BCUT2D eigenvalue weighted by Crippen LogP contribution is 2.35. The van der Waals surface area contributed by atoms with Crippen molar-refractivity contribution in [3.05, 3.63) is 80.5 Å². The molecule has 1 aromatic heterocycles.